The zero-order chi connectivity index (χ0) is 29.8. The fourth-order valence-corrected chi connectivity index (χ4v) is 6.44. The van der Waals surface area contributed by atoms with Crippen LogP contribution >= 0.6 is 0 Å². The molecule has 4 aromatic rings. The average Bonchev–Trinajstić information content (AvgIpc) is 2.97. The Labute approximate surface area is 248 Å². The molecule has 0 radical (unpaired) electrons. The van der Waals surface area contributed by atoms with E-state index in [1.807, 2.05) is 72.8 Å². The van der Waals surface area contributed by atoms with Crippen LogP contribution < -0.4 is 0 Å². The molecule has 2 bridgehead atoms. The highest BCUT2D eigenvalue weighted by atomic mass is 16.6. The SMILES string of the molecule is CC(C)(C)c1ccc(C(=O)OC2C(OC(=O)c3ccc(C(C)(C)C)cc3)[C@H]3c4ccccc4[C@H]2c2ccccc23)cc1. The second kappa shape index (κ2) is 10.3. The molecule has 0 amide bonds. The quantitative estimate of drug-likeness (QED) is 0.236. The molecule has 7 rings (SSSR count). The van der Waals surface area contributed by atoms with Gasteiger partial charge < -0.3 is 9.47 Å². The number of ether oxygens (including phenoxy) is 2. The van der Waals surface area contributed by atoms with Gasteiger partial charge in [-0.05, 0) is 68.5 Å². The molecule has 3 aliphatic carbocycles. The average molecular weight is 559 g/mol. The number of carbonyl (C=O) groups excluding carboxylic acids is 2. The van der Waals surface area contributed by atoms with Crippen molar-refractivity contribution in [2.45, 2.75) is 76.4 Å². The van der Waals surface area contributed by atoms with E-state index >= 15 is 0 Å². The Morgan fingerprint density at radius 3 is 1.02 bits per heavy atom. The van der Waals surface area contributed by atoms with Crippen LogP contribution in [0.3, 0.4) is 0 Å². The highest BCUT2D eigenvalue weighted by Crippen LogP contribution is 2.55. The van der Waals surface area contributed by atoms with Crippen LogP contribution in [0.25, 0.3) is 0 Å². The van der Waals surface area contributed by atoms with E-state index in [0.29, 0.717) is 11.1 Å². The van der Waals surface area contributed by atoms with Gasteiger partial charge >= 0.3 is 11.9 Å². The lowest BCUT2D eigenvalue weighted by molar-refractivity contribution is -0.0557. The molecule has 2 atom stereocenters. The smallest absolute Gasteiger partial charge is 0.338 e. The van der Waals surface area contributed by atoms with Gasteiger partial charge in [0.2, 0.25) is 0 Å². The van der Waals surface area contributed by atoms with Crippen LogP contribution in [0.2, 0.25) is 0 Å². The highest BCUT2D eigenvalue weighted by Gasteiger charge is 2.53. The fourth-order valence-electron chi connectivity index (χ4n) is 6.44. The molecule has 0 N–H and O–H groups in total. The molecule has 0 fully saturated rings. The van der Waals surface area contributed by atoms with E-state index in [2.05, 4.69) is 65.8 Å². The van der Waals surface area contributed by atoms with Gasteiger partial charge in [-0.25, -0.2) is 9.59 Å². The van der Waals surface area contributed by atoms with E-state index in [9.17, 15) is 9.59 Å². The van der Waals surface area contributed by atoms with E-state index < -0.39 is 24.1 Å². The van der Waals surface area contributed by atoms with Crippen molar-refractivity contribution >= 4 is 11.9 Å². The van der Waals surface area contributed by atoms with Gasteiger partial charge in [0.05, 0.1) is 23.0 Å². The third-order valence-electron chi connectivity index (χ3n) is 8.77. The van der Waals surface area contributed by atoms with Gasteiger partial charge in [-0.1, -0.05) is 114 Å². The molecule has 0 aliphatic heterocycles. The first kappa shape index (κ1) is 28.0. The Hall–Kier alpha value is -4.18. The highest BCUT2D eigenvalue weighted by molar-refractivity contribution is 5.91. The van der Waals surface area contributed by atoms with Gasteiger partial charge in [0.25, 0.3) is 0 Å². The monoisotopic (exact) mass is 558 g/mol. The third-order valence-corrected chi connectivity index (χ3v) is 8.77. The molecule has 4 aromatic carbocycles. The number of carbonyl (C=O) groups is 2. The first-order chi connectivity index (χ1) is 19.9. The van der Waals surface area contributed by atoms with Gasteiger partial charge in [0, 0.05) is 0 Å². The minimum absolute atomic E-state index is 0.0250. The number of benzene rings is 4. The largest absolute Gasteiger partial charge is 0.454 e. The van der Waals surface area contributed by atoms with Crippen LogP contribution in [-0.2, 0) is 20.3 Å². The summed E-state index contributed by atoms with van der Waals surface area (Å²) in [7, 11) is 0. The standard InChI is InChI=1S/C38H38O4/c1-37(2,3)25-19-15-23(16-20-25)35(39)41-33-31-27-11-7-9-13-29(27)32(30-14-10-8-12-28(30)31)34(33)42-36(40)24-17-21-26(22-18-24)38(4,5)6/h7-22,31-34H,1-6H3/t31-,32-,33?,34?. The van der Waals surface area contributed by atoms with Crippen molar-refractivity contribution in [3.63, 3.8) is 0 Å². The maximum atomic E-state index is 13.6. The maximum absolute atomic E-state index is 13.6. The van der Waals surface area contributed by atoms with Gasteiger partial charge in [0.15, 0.2) is 12.2 Å². The number of hydrogen-bond donors (Lipinski definition) is 0. The Balaban J connectivity index is 1.38. The van der Waals surface area contributed by atoms with Crippen molar-refractivity contribution in [2.75, 3.05) is 0 Å². The summed E-state index contributed by atoms with van der Waals surface area (Å²) in [6.45, 7) is 12.9. The van der Waals surface area contributed by atoms with Crippen molar-refractivity contribution in [2.24, 2.45) is 0 Å². The summed E-state index contributed by atoms with van der Waals surface area (Å²) in [5.74, 6) is -1.33. The number of fused-ring (bicyclic) bond motifs is 1. The predicted molar refractivity (Wildman–Crippen MR) is 165 cm³/mol. The summed E-state index contributed by atoms with van der Waals surface area (Å²) < 4.78 is 12.7. The van der Waals surface area contributed by atoms with Gasteiger partial charge in [0.1, 0.15) is 0 Å². The normalized spacial score (nSPS) is 20.8. The van der Waals surface area contributed by atoms with Crippen LogP contribution in [-0.4, -0.2) is 24.1 Å². The van der Waals surface area contributed by atoms with Crippen LogP contribution in [0, 0.1) is 0 Å². The van der Waals surface area contributed by atoms with E-state index in [4.69, 9.17) is 9.47 Å². The lowest BCUT2D eigenvalue weighted by Crippen LogP contribution is -2.51. The van der Waals surface area contributed by atoms with Gasteiger partial charge in [-0.15, -0.1) is 0 Å². The molecule has 0 heterocycles. The summed E-state index contributed by atoms with van der Waals surface area (Å²) in [5.41, 5.74) is 7.65. The Morgan fingerprint density at radius 1 is 0.476 bits per heavy atom. The zero-order valence-corrected chi connectivity index (χ0v) is 25.2. The number of hydrogen-bond acceptors (Lipinski definition) is 4. The lowest BCUT2D eigenvalue weighted by Gasteiger charge is -2.49. The molecule has 42 heavy (non-hydrogen) atoms. The summed E-state index contributed by atoms with van der Waals surface area (Å²) in [5, 5.41) is 0. The second-order valence-electron chi connectivity index (χ2n) is 13.6. The fraction of sp³-hybridized carbons (Fsp3) is 0.316. The molecule has 0 spiro atoms. The van der Waals surface area contributed by atoms with Crippen molar-refractivity contribution < 1.29 is 19.1 Å². The molecular weight excluding hydrogens is 520 g/mol. The molecule has 4 nitrogen and oxygen atoms in total. The Morgan fingerprint density at radius 2 is 0.762 bits per heavy atom. The molecule has 0 saturated carbocycles. The Kier molecular flexibility index (Phi) is 6.84. The first-order valence-corrected chi connectivity index (χ1v) is 14.7. The van der Waals surface area contributed by atoms with Crippen LogP contribution in [0.1, 0.15) is 107 Å². The van der Waals surface area contributed by atoms with Crippen LogP contribution in [0.5, 0.6) is 0 Å². The lowest BCUT2D eigenvalue weighted by atomic mass is 9.61. The predicted octanol–water partition coefficient (Wildman–Crippen LogP) is 8.32. The molecule has 4 heteroatoms. The van der Waals surface area contributed by atoms with Crippen LogP contribution in [0.4, 0.5) is 0 Å². The van der Waals surface area contributed by atoms with Crippen molar-refractivity contribution in [3.05, 3.63) is 142 Å². The molecule has 2 unspecified atom stereocenters. The topological polar surface area (TPSA) is 52.6 Å². The second-order valence-corrected chi connectivity index (χ2v) is 13.6. The van der Waals surface area contributed by atoms with Gasteiger partial charge in [-0.3, -0.25) is 0 Å². The van der Waals surface area contributed by atoms with Gasteiger partial charge in [-0.2, -0.15) is 0 Å². The number of rotatable bonds is 4. The minimum atomic E-state index is -0.674. The van der Waals surface area contributed by atoms with E-state index in [1.54, 1.807) is 0 Å². The summed E-state index contributed by atoms with van der Waals surface area (Å²) in [4.78, 5) is 27.3. The zero-order valence-electron chi connectivity index (χ0n) is 25.2. The minimum Gasteiger partial charge on any atom is -0.454 e. The maximum Gasteiger partial charge on any atom is 0.338 e. The summed E-state index contributed by atoms with van der Waals surface area (Å²) in [6, 6.07) is 31.7. The molecule has 0 saturated heterocycles. The molecular formula is C38H38O4. The van der Waals surface area contributed by atoms with Crippen molar-refractivity contribution in [1.82, 2.24) is 0 Å². The first-order valence-electron chi connectivity index (χ1n) is 14.7. The van der Waals surface area contributed by atoms with E-state index in [0.717, 1.165) is 33.4 Å². The Bertz CT molecular complexity index is 1460. The molecule has 0 aromatic heterocycles. The van der Waals surface area contributed by atoms with Crippen molar-refractivity contribution in [1.29, 1.82) is 0 Å². The summed E-state index contributed by atoms with van der Waals surface area (Å²) in [6.07, 6.45) is -1.35. The molecule has 3 aliphatic rings. The third kappa shape index (κ3) is 4.93. The number of esters is 2. The van der Waals surface area contributed by atoms with E-state index in [1.165, 1.54) is 0 Å². The van der Waals surface area contributed by atoms with Crippen molar-refractivity contribution in [3.8, 4) is 0 Å². The summed E-state index contributed by atoms with van der Waals surface area (Å²) >= 11 is 0. The van der Waals surface area contributed by atoms with Crippen LogP contribution in [0.15, 0.2) is 97.1 Å². The molecule has 214 valence electrons. The van der Waals surface area contributed by atoms with E-state index in [-0.39, 0.29) is 22.7 Å².